The number of aryl methyl sites for hydroxylation is 1. The molecule has 41 heavy (non-hydrogen) atoms. The summed E-state index contributed by atoms with van der Waals surface area (Å²) in [4.78, 5) is 30.1. The van der Waals surface area contributed by atoms with Crippen molar-refractivity contribution >= 4 is 46.4 Å². The topological polar surface area (TPSA) is 94.4 Å². The van der Waals surface area contributed by atoms with Gasteiger partial charge < -0.3 is 19.3 Å². The van der Waals surface area contributed by atoms with Crippen LogP contribution >= 0.6 is 23.4 Å². The first-order valence-corrected chi connectivity index (χ1v) is 13.9. The van der Waals surface area contributed by atoms with Crippen molar-refractivity contribution < 1.29 is 33.3 Å². The number of halogens is 2. The van der Waals surface area contributed by atoms with Crippen molar-refractivity contribution in [1.82, 2.24) is 0 Å². The maximum Gasteiger partial charge on any atom is 0.344 e. The van der Waals surface area contributed by atoms with Gasteiger partial charge in [0.1, 0.15) is 28.8 Å². The second-order valence-corrected chi connectivity index (χ2v) is 10.2. The number of ether oxygens (including phenoxy) is 3. The number of amides is 1. The van der Waals surface area contributed by atoms with Crippen molar-refractivity contribution in [1.29, 1.82) is 0 Å². The van der Waals surface area contributed by atoms with E-state index in [0.29, 0.717) is 29.0 Å². The summed E-state index contributed by atoms with van der Waals surface area (Å²) in [6.07, 6.45) is 1.59. The Kier molecular flexibility index (Phi) is 9.86. The zero-order valence-electron chi connectivity index (χ0n) is 22.6. The lowest BCUT2D eigenvalue weighted by atomic mass is 10.1. The summed E-state index contributed by atoms with van der Waals surface area (Å²) in [5, 5.41) is 11.3. The Bertz CT molecular complexity index is 1580. The minimum atomic E-state index is -0.800. The molecule has 0 aromatic heterocycles. The lowest BCUT2D eigenvalue weighted by molar-refractivity contribution is -0.138. The molecule has 0 bridgehead atoms. The van der Waals surface area contributed by atoms with E-state index >= 15 is 0 Å². The highest BCUT2D eigenvalue weighted by molar-refractivity contribution is 8.18. The number of esters is 1. The third kappa shape index (κ3) is 7.17. The molecule has 0 atom stereocenters. The second-order valence-electron chi connectivity index (χ2n) is 8.77. The van der Waals surface area contributed by atoms with Gasteiger partial charge in [-0.05, 0) is 73.9 Å². The van der Waals surface area contributed by atoms with Crippen molar-refractivity contribution in [3.8, 4) is 11.5 Å². The Labute approximate surface area is 246 Å². The van der Waals surface area contributed by atoms with Crippen LogP contribution in [0.25, 0.3) is 6.08 Å². The van der Waals surface area contributed by atoms with E-state index in [1.807, 2.05) is 0 Å². The lowest BCUT2D eigenvalue weighted by Gasteiger charge is -2.15. The summed E-state index contributed by atoms with van der Waals surface area (Å²) < 4.78 is 30.3. The van der Waals surface area contributed by atoms with Gasteiger partial charge in [0.05, 0.1) is 23.1 Å². The van der Waals surface area contributed by atoms with Crippen LogP contribution in [0.5, 0.6) is 11.5 Å². The number of aliphatic hydroxyl groups is 1. The van der Waals surface area contributed by atoms with Crippen molar-refractivity contribution in [2.75, 3.05) is 13.2 Å². The summed E-state index contributed by atoms with van der Waals surface area (Å²) in [7, 11) is 0. The molecule has 4 rings (SSSR count). The third-order valence-corrected chi connectivity index (χ3v) is 7.15. The molecule has 1 heterocycles. The number of carbonyl (C=O) groups excluding carboxylic acids is 2. The molecular weight excluding hydrogens is 569 g/mol. The normalized spacial score (nSPS) is 15.0. The van der Waals surface area contributed by atoms with Crippen LogP contribution in [-0.2, 0) is 16.1 Å². The minimum absolute atomic E-state index is 0.0200. The number of hydrogen-bond acceptors (Lipinski definition) is 7. The molecule has 1 N–H and O–H groups in total. The van der Waals surface area contributed by atoms with Crippen molar-refractivity contribution in [3.63, 3.8) is 0 Å². The van der Waals surface area contributed by atoms with Gasteiger partial charge in [-0.15, -0.1) is 0 Å². The predicted molar refractivity (Wildman–Crippen MR) is 158 cm³/mol. The van der Waals surface area contributed by atoms with Crippen molar-refractivity contribution in [3.05, 3.63) is 110 Å². The number of carbonyl (C=O) groups is 2. The number of nitrogens with zero attached hydrogens (tertiary/aromatic N) is 1. The van der Waals surface area contributed by atoms with Crippen LogP contribution in [0.15, 0.2) is 81.9 Å². The molecular formula is C31H27ClFNO6S. The van der Waals surface area contributed by atoms with Crippen molar-refractivity contribution in [2.24, 2.45) is 4.99 Å². The first-order chi connectivity index (χ1) is 19.7. The van der Waals surface area contributed by atoms with E-state index < -0.39 is 11.9 Å². The lowest BCUT2D eigenvalue weighted by Crippen LogP contribution is -2.14. The van der Waals surface area contributed by atoms with E-state index in [9.17, 15) is 19.1 Å². The number of hydrogen-bond donors (Lipinski definition) is 1. The maximum absolute atomic E-state index is 13.6. The van der Waals surface area contributed by atoms with Gasteiger partial charge in [0.2, 0.25) is 0 Å². The first kappa shape index (κ1) is 29.9. The molecule has 0 aliphatic carbocycles. The maximum atomic E-state index is 13.6. The zero-order valence-corrected chi connectivity index (χ0v) is 24.1. The Morgan fingerprint density at radius 1 is 1.05 bits per heavy atom. The monoisotopic (exact) mass is 595 g/mol. The molecule has 1 aliphatic rings. The molecule has 0 saturated carbocycles. The van der Waals surface area contributed by atoms with Gasteiger partial charge in [-0.2, -0.15) is 0 Å². The molecule has 1 aliphatic heterocycles. The van der Waals surface area contributed by atoms with E-state index in [1.165, 1.54) is 12.1 Å². The number of benzene rings is 3. The summed E-state index contributed by atoms with van der Waals surface area (Å²) in [5.74, 6) is -1.49. The summed E-state index contributed by atoms with van der Waals surface area (Å²) in [6.45, 7) is 5.68. The summed E-state index contributed by atoms with van der Waals surface area (Å²) in [5.41, 5.74) is 2.05. The molecule has 1 amide bonds. The molecule has 0 unspecified atom stereocenters. The Morgan fingerprint density at radius 3 is 2.54 bits per heavy atom. The van der Waals surface area contributed by atoms with Gasteiger partial charge in [0, 0.05) is 5.56 Å². The average molecular weight is 596 g/mol. The van der Waals surface area contributed by atoms with Crippen LogP contribution in [0.3, 0.4) is 0 Å². The van der Waals surface area contributed by atoms with E-state index in [-0.39, 0.29) is 51.1 Å². The quantitative estimate of drug-likeness (QED) is 0.256. The van der Waals surface area contributed by atoms with Crippen LogP contribution in [0, 0.1) is 12.7 Å². The Morgan fingerprint density at radius 2 is 1.83 bits per heavy atom. The molecule has 0 saturated heterocycles. The van der Waals surface area contributed by atoms with E-state index in [4.69, 9.17) is 25.8 Å². The fourth-order valence-electron chi connectivity index (χ4n) is 3.97. The summed E-state index contributed by atoms with van der Waals surface area (Å²) in [6, 6.07) is 16.2. The Balaban J connectivity index is 1.69. The van der Waals surface area contributed by atoms with E-state index in [1.54, 1.807) is 75.4 Å². The number of rotatable bonds is 9. The van der Waals surface area contributed by atoms with Gasteiger partial charge in [-0.1, -0.05) is 53.7 Å². The highest BCUT2D eigenvalue weighted by Gasteiger charge is 2.34. The van der Waals surface area contributed by atoms with Gasteiger partial charge in [0.25, 0.3) is 5.91 Å². The fourth-order valence-corrected chi connectivity index (χ4v) is 5.25. The zero-order chi connectivity index (χ0) is 29.5. The highest BCUT2D eigenvalue weighted by atomic mass is 35.5. The molecule has 3 aromatic carbocycles. The van der Waals surface area contributed by atoms with Gasteiger partial charge in [-0.3, -0.25) is 4.79 Å². The van der Waals surface area contributed by atoms with Crippen LogP contribution in [0.1, 0.15) is 40.9 Å². The highest BCUT2D eigenvalue weighted by Crippen LogP contribution is 2.42. The van der Waals surface area contributed by atoms with E-state index in [2.05, 4.69) is 4.99 Å². The van der Waals surface area contributed by atoms with Gasteiger partial charge in [0.15, 0.2) is 11.5 Å². The standard InChI is InChI=1S/C31H27ClFNO6S/c1-4-38-24-15-20(14-23(32)28(24)40-17-19-10-8-11-21(33)13-19)16-25-27(35)26(31(37)39-5-2)30(41-25)34-29(36)22-12-7-6-9-18(22)3/h6-16,35H,4-5,17H2,1-3H3/b25-16-,34-30?. The fraction of sp³-hybridized carbons (Fsp3) is 0.194. The van der Waals surface area contributed by atoms with E-state index in [0.717, 1.165) is 17.3 Å². The smallest absolute Gasteiger partial charge is 0.344 e. The van der Waals surface area contributed by atoms with Gasteiger partial charge >= 0.3 is 5.97 Å². The summed E-state index contributed by atoms with van der Waals surface area (Å²) >= 11 is 7.52. The van der Waals surface area contributed by atoms with Crippen LogP contribution in [-0.4, -0.2) is 35.2 Å². The van der Waals surface area contributed by atoms with Gasteiger partial charge in [-0.25, -0.2) is 14.2 Å². The number of thioether (sulfide) groups is 1. The number of aliphatic hydroxyl groups excluding tert-OH is 1. The minimum Gasteiger partial charge on any atom is -0.506 e. The van der Waals surface area contributed by atoms with Crippen molar-refractivity contribution in [2.45, 2.75) is 27.4 Å². The predicted octanol–water partition coefficient (Wildman–Crippen LogP) is 7.47. The molecule has 0 fully saturated rings. The Hall–Kier alpha value is -4.08. The average Bonchev–Trinajstić information content (AvgIpc) is 3.22. The van der Waals surface area contributed by atoms with Crippen LogP contribution < -0.4 is 9.47 Å². The second kappa shape index (κ2) is 13.5. The SMILES string of the molecule is CCOC(=O)C1=C(O)/C(=C/c2cc(Cl)c(OCc3cccc(F)c3)c(OCC)c2)SC1=NC(=O)c1ccccc1C. The first-order valence-electron chi connectivity index (χ1n) is 12.7. The molecule has 10 heteroatoms. The molecule has 7 nitrogen and oxygen atoms in total. The number of aliphatic imine (C=N–C) groups is 1. The third-order valence-electron chi connectivity index (χ3n) is 5.85. The molecule has 3 aromatic rings. The van der Waals surface area contributed by atoms with Crippen LogP contribution in [0.2, 0.25) is 5.02 Å². The molecule has 0 spiro atoms. The largest absolute Gasteiger partial charge is 0.506 e. The molecule has 0 radical (unpaired) electrons. The molecule has 212 valence electrons. The van der Waals surface area contributed by atoms with Crippen LogP contribution in [0.4, 0.5) is 4.39 Å².